The Morgan fingerprint density at radius 1 is 1.56 bits per heavy atom. The van der Waals surface area contributed by atoms with E-state index in [0.717, 1.165) is 0 Å². The Balaban J connectivity index is 0.00000242. The van der Waals surface area contributed by atoms with Crippen molar-refractivity contribution in [3.63, 3.8) is 0 Å². The van der Waals surface area contributed by atoms with Gasteiger partial charge in [-0.25, -0.2) is 12.7 Å². The van der Waals surface area contributed by atoms with Crippen LogP contribution in [0.5, 0.6) is 0 Å². The molecule has 4 nitrogen and oxygen atoms in total. The molecule has 7 heteroatoms. The van der Waals surface area contributed by atoms with Gasteiger partial charge in [0.15, 0.2) is 10.3 Å². The molecule has 0 saturated heterocycles. The van der Waals surface area contributed by atoms with Gasteiger partial charge in [0.25, 0.3) is 0 Å². The first-order chi connectivity index (χ1) is 9.37. The summed E-state index contributed by atoms with van der Waals surface area (Å²) in [5.74, 6) is -1.05. The van der Waals surface area contributed by atoms with Gasteiger partial charge in [0, 0.05) is 23.5 Å². The number of nitrogens with zero attached hydrogens (tertiary/aromatic N) is 1. The average Bonchev–Trinajstić information content (AvgIpc) is 2.31. The predicted molar refractivity (Wildman–Crippen MR) is 64.8 cm³/mol. The Kier molecular flexibility index (Phi) is 3.83. The van der Waals surface area contributed by atoms with Crippen LogP contribution in [0.4, 0.5) is 0 Å². The number of hydrogen-bond donors (Lipinski definition) is 0. The van der Waals surface area contributed by atoms with Crippen molar-refractivity contribution in [2.75, 3.05) is 13.0 Å². The number of rotatable bonds is 1. The van der Waals surface area contributed by atoms with E-state index in [1.54, 1.807) is 0 Å². The second kappa shape index (κ2) is 6.22. The molecule has 1 aromatic carbocycles. The molecule has 94 valence electrons. The molecule has 0 amide bonds. The first-order valence-corrected chi connectivity index (χ1v) is 6.66. The number of halogens is 1. The van der Waals surface area contributed by atoms with E-state index in [-0.39, 0.29) is 33.9 Å². The van der Waals surface area contributed by atoms with Gasteiger partial charge in [-0.15, -0.1) is 0 Å². The normalized spacial score (nSPS) is 29.6. The minimum atomic E-state index is -5.32. The maximum atomic E-state index is 11.4. The molecule has 1 atom stereocenters. The smallest absolute Gasteiger partial charge is 0.735 e. The van der Waals surface area contributed by atoms with Crippen molar-refractivity contribution in [1.29, 1.82) is 0 Å². The number of aryl methyl sites for hydroxylation is 1. The third-order valence-corrected chi connectivity index (χ3v) is 3.44. The molecule has 1 heterocycles. The molecule has 0 radical (unpaired) electrons. The Labute approximate surface area is 140 Å². The summed E-state index contributed by atoms with van der Waals surface area (Å²) in [4.78, 5) is 0. The van der Waals surface area contributed by atoms with Crippen LogP contribution in [0.3, 0.4) is 0 Å². The van der Waals surface area contributed by atoms with E-state index in [1.165, 1.54) is 25.1 Å². The average molecular weight is 302 g/mol. The quantitative estimate of drug-likeness (QED) is 0.482. The van der Waals surface area contributed by atoms with Crippen molar-refractivity contribution >= 4 is 21.9 Å². The maximum Gasteiger partial charge on any atom is 1.00 e. The molecule has 1 aliphatic rings. The van der Waals surface area contributed by atoms with Gasteiger partial charge >= 0.3 is 29.6 Å². The van der Waals surface area contributed by atoms with Crippen LogP contribution in [0.15, 0.2) is 18.2 Å². The Morgan fingerprint density at radius 2 is 2.22 bits per heavy atom. The first-order valence-electron chi connectivity index (χ1n) is 6.92. The molecule has 0 aliphatic carbocycles. The van der Waals surface area contributed by atoms with Crippen LogP contribution >= 0.6 is 11.6 Å². The molecule has 1 aromatic rings. The molecule has 0 spiro atoms. The molecule has 1 aliphatic heterocycles. The maximum absolute atomic E-state index is 11.4. The number of hydrogen-bond acceptors (Lipinski definition) is 3. The van der Waals surface area contributed by atoms with Crippen molar-refractivity contribution in [3.05, 3.63) is 34.3 Å². The molecule has 18 heavy (non-hydrogen) atoms. The van der Waals surface area contributed by atoms with E-state index in [0.29, 0.717) is 16.1 Å². The van der Waals surface area contributed by atoms with Crippen molar-refractivity contribution < 1.29 is 48.0 Å². The molecule has 0 aromatic heterocycles. The standard InChI is InChI=1S/C11H14ClNO3S.Na/c1-8-7-13(17(14,15)16)5-4-9-2-3-10(12)6-11(8)9;/h2-3,6,8H,4-5,7H2,1H3,(H,14,15,16);/q;+1/p-1/t8-;/m0./s1/i5D2,7D2;. The third kappa shape index (κ3) is 3.70. The summed E-state index contributed by atoms with van der Waals surface area (Å²) in [5.41, 5.74) is 0.814. The summed E-state index contributed by atoms with van der Waals surface area (Å²) in [6, 6.07) is 4.50. The Morgan fingerprint density at radius 3 is 2.83 bits per heavy atom. The fourth-order valence-electron chi connectivity index (χ4n) is 1.72. The largest absolute Gasteiger partial charge is 1.00 e. The van der Waals surface area contributed by atoms with Crippen LogP contribution in [0.25, 0.3) is 0 Å². The minimum Gasteiger partial charge on any atom is -0.735 e. The summed E-state index contributed by atoms with van der Waals surface area (Å²) in [6.45, 7) is -3.98. The zero-order chi connectivity index (χ0) is 16.2. The molecule has 0 N–H and O–H groups in total. The number of benzene rings is 1. The Hall–Kier alpha value is 0.380. The summed E-state index contributed by atoms with van der Waals surface area (Å²) in [7, 11) is -5.32. The van der Waals surface area contributed by atoms with Gasteiger partial charge in [-0.2, -0.15) is 0 Å². The first kappa shape index (κ1) is 11.1. The van der Waals surface area contributed by atoms with E-state index in [1.807, 2.05) is 0 Å². The summed E-state index contributed by atoms with van der Waals surface area (Å²) < 4.78 is 65.6. The van der Waals surface area contributed by atoms with Gasteiger partial charge in [-0.1, -0.05) is 24.6 Å². The fourth-order valence-corrected chi connectivity index (χ4v) is 2.41. The van der Waals surface area contributed by atoms with Crippen molar-refractivity contribution in [1.82, 2.24) is 4.31 Å². The zero-order valence-electron chi connectivity index (χ0n) is 14.0. The SMILES string of the molecule is [2H]C1([2H])Cc2ccc(Cl)cc2[C@@H](C)C([2H])([2H])N1S(=O)(=O)[O-].[Na+]. The summed E-state index contributed by atoms with van der Waals surface area (Å²) >= 11 is 5.88. The van der Waals surface area contributed by atoms with Crippen LogP contribution in [0.2, 0.25) is 5.02 Å². The zero-order valence-corrected chi connectivity index (χ0v) is 13.5. The third-order valence-electron chi connectivity index (χ3n) is 2.52. The van der Waals surface area contributed by atoms with E-state index >= 15 is 0 Å². The van der Waals surface area contributed by atoms with E-state index in [9.17, 15) is 13.0 Å². The van der Waals surface area contributed by atoms with Crippen molar-refractivity contribution in [2.24, 2.45) is 0 Å². The second-order valence-corrected chi connectivity index (χ2v) is 5.41. The molecule has 0 unspecified atom stereocenters. The molecular weight excluding hydrogens is 285 g/mol. The monoisotopic (exact) mass is 301 g/mol. The molecule has 2 rings (SSSR count). The number of fused-ring (bicyclic) bond motifs is 1. The van der Waals surface area contributed by atoms with Gasteiger partial charge < -0.3 is 4.55 Å². The predicted octanol–water partition coefficient (Wildman–Crippen LogP) is -1.23. The van der Waals surface area contributed by atoms with Crippen molar-refractivity contribution in [2.45, 2.75) is 19.3 Å². The van der Waals surface area contributed by atoms with Gasteiger partial charge in [-0.3, -0.25) is 0 Å². The van der Waals surface area contributed by atoms with Crippen LogP contribution in [-0.2, 0) is 16.7 Å². The van der Waals surface area contributed by atoms with Crippen LogP contribution in [0, 0.1) is 0 Å². The van der Waals surface area contributed by atoms with Crippen LogP contribution in [0.1, 0.15) is 29.5 Å². The van der Waals surface area contributed by atoms with Gasteiger partial charge in [-0.05, 0) is 35.6 Å². The Bertz CT molecular complexity index is 686. The minimum absolute atomic E-state index is 0. The molecular formula is C11H13ClNNaO3S. The molecule has 0 saturated carbocycles. The van der Waals surface area contributed by atoms with Gasteiger partial charge in [0.05, 0.1) is 0 Å². The molecule has 0 fully saturated rings. The van der Waals surface area contributed by atoms with E-state index < -0.39 is 35.6 Å². The summed E-state index contributed by atoms with van der Waals surface area (Å²) in [5, 5.41) is 0.329. The van der Waals surface area contributed by atoms with Crippen molar-refractivity contribution in [3.8, 4) is 0 Å². The van der Waals surface area contributed by atoms with Gasteiger partial charge in [0.2, 0.25) is 0 Å². The fraction of sp³-hybridized carbons (Fsp3) is 0.455. The van der Waals surface area contributed by atoms with E-state index in [2.05, 4.69) is 0 Å². The summed E-state index contributed by atoms with van der Waals surface area (Å²) in [6.07, 6.45) is -0.426. The van der Waals surface area contributed by atoms with Gasteiger partial charge in [0.1, 0.15) is 0 Å². The second-order valence-electron chi connectivity index (χ2n) is 3.75. The molecule has 0 bridgehead atoms. The van der Waals surface area contributed by atoms with Crippen LogP contribution < -0.4 is 29.6 Å². The van der Waals surface area contributed by atoms with Crippen LogP contribution in [-0.4, -0.2) is 30.3 Å². The van der Waals surface area contributed by atoms with E-state index in [4.69, 9.17) is 17.1 Å². The topological polar surface area (TPSA) is 60.4 Å².